The summed E-state index contributed by atoms with van der Waals surface area (Å²) in [5.74, 6) is -1.09. The van der Waals surface area contributed by atoms with Crippen LogP contribution in [-0.2, 0) is 23.9 Å². The molecule has 1 heterocycles. The average molecular weight is 258 g/mol. The van der Waals surface area contributed by atoms with Crippen molar-refractivity contribution in [3.05, 3.63) is 0 Å². The molecule has 0 bridgehead atoms. The zero-order valence-corrected chi connectivity index (χ0v) is 10.6. The van der Waals surface area contributed by atoms with E-state index in [4.69, 9.17) is 4.74 Å². The maximum absolute atomic E-state index is 11.4. The van der Waals surface area contributed by atoms with E-state index in [9.17, 15) is 14.4 Å². The molecular weight excluding hydrogens is 240 g/mol. The number of esters is 2. The van der Waals surface area contributed by atoms with E-state index in [1.165, 1.54) is 0 Å². The lowest BCUT2D eigenvalue weighted by atomic mass is 10.5. The standard InChI is InChI=1S/C11H18N2O5/c1-3-17-10(15)5-12-9(14)7-13-6-8(13)11(16)18-4-2/h8H,3-7H2,1-2H3,(H,12,14). The summed E-state index contributed by atoms with van der Waals surface area (Å²) in [4.78, 5) is 35.3. The van der Waals surface area contributed by atoms with Crippen LogP contribution in [0.25, 0.3) is 0 Å². The first kappa shape index (κ1) is 14.4. The van der Waals surface area contributed by atoms with Crippen molar-refractivity contribution in [2.45, 2.75) is 19.9 Å². The minimum atomic E-state index is -0.474. The largest absolute Gasteiger partial charge is 0.465 e. The van der Waals surface area contributed by atoms with Crippen molar-refractivity contribution in [1.29, 1.82) is 0 Å². The lowest BCUT2D eigenvalue weighted by molar-refractivity contribution is -0.144. The minimum absolute atomic E-state index is 0.0862. The third kappa shape index (κ3) is 4.70. The molecule has 7 heteroatoms. The fraction of sp³-hybridized carbons (Fsp3) is 0.727. The Bertz CT molecular complexity index is 331. The van der Waals surface area contributed by atoms with Crippen LogP contribution in [0.2, 0.25) is 0 Å². The van der Waals surface area contributed by atoms with Crippen LogP contribution in [0.5, 0.6) is 0 Å². The Balaban J connectivity index is 2.15. The Kier molecular flexibility index (Phi) is 5.57. The first-order valence-electron chi connectivity index (χ1n) is 5.91. The molecule has 1 amide bonds. The Morgan fingerprint density at radius 1 is 1.22 bits per heavy atom. The highest BCUT2D eigenvalue weighted by Gasteiger charge is 2.42. The predicted molar refractivity (Wildman–Crippen MR) is 61.6 cm³/mol. The molecule has 0 aliphatic carbocycles. The van der Waals surface area contributed by atoms with Crippen molar-refractivity contribution < 1.29 is 23.9 Å². The average Bonchev–Trinajstić information content (AvgIpc) is 3.06. The summed E-state index contributed by atoms with van der Waals surface area (Å²) >= 11 is 0. The van der Waals surface area contributed by atoms with E-state index in [0.717, 1.165) is 0 Å². The minimum Gasteiger partial charge on any atom is -0.465 e. The van der Waals surface area contributed by atoms with Crippen molar-refractivity contribution in [2.24, 2.45) is 0 Å². The molecule has 2 atom stereocenters. The lowest BCUT2D eigenvalue weighted by Gasteiger charge is -2.06. The molecule has 7 nitrogen and oxygen atoms in total. The highest BCUT2D eigenvalue weighted by molar-refractivity contribution is 5.85. The summed E-state index contributed by atoms with van der Waals surface area (Å²) in [7, 11) is 0. The molecule has 1 fully saturated rings. The molecule has 0 spiro atoms. The number of amides is 1. The number of rotatable bonds is 7. The molecule has 1 N–H and O–H groups in total. The van der Waals surface area contributed by atoms with Crippen LogP contribution in [0.4, 0.5) is 0 Å². The van der Waals surface area contributed by atoms with Crippen molar-refractivity contribution >= 4 is 17.8 Å². The van der Waals surface area contributed by atoms with Crippen LogP contribution < -0.4 is 5.32 Å². The van der Waals surface area contributed by atoms with Gasteiger partial charge in [-0.2, -0.15) is 0 Å². The number of nitrogens with zero attached hydrogens (tertiary/aromatic N) is 1. The Labute approximate surface area is 105 Å². The van der Waals surface area contributed by atoms with Crippen LogP contribution in [0.1, 0.15) is 13.8 Å². The summed E-state index contributed by atoms with van der Waals surface area (Å²) in [5.41, 5.74) is 0. The first-order valence-corrected chi connectivity index (χ1v) is 5.91. The van der Waals surface area contributed by atoms with Gasteiger partial charge in [-0.3, -0.25) is 19.3 Å². The van der Waals surface area contributed by atoms with Crippen LogP contribution in [0.3, 0.4) is 0 Å². The lowest BCUT2D eigenvalue weighted by Crippen LogP contribution is -2.35. The van der Waals surface area contributed by atoms with Gasteiger partial charge in [0.2, 0.25) is 5.91 Å². The predicted octanol–water partition coefficient (Wildman–Crippen LogP) is -1.09. The molecule has 1 aliphatic heterocycles. The molecule has 0 radical (unpaired) electrons. The molecular formula is C11H18N2O5. The van der Waals surface area contributed by atoms with Gasteiger partial charge in [-0.1, -0.05) is 0 Å². The van der Waals surface area contributed by atoms with Gasteiger partial charge in [0.25, 0.3) is 0 Å². The van der Waals surface area contributed by atoms with Gasteiger partial charge in [-0.15, -0.1) is 0 Å². The van der Waals surface area contributed by atoms with Crippen LogP contribution in [0, 0.1) is 0 Å². The number of ether oxygens (including phenoxy) is 2. The highest BCUT2D eigenvalue weighted by Crippen LogP contribution is 2.17. The van der Waals surface area contributed by atoms with E-state index in [1.807, 2.05) is 0 Å². The third-order valence-corrected chi connectivity index (χ3v) is 2.36. The van der Waals surface area contributed by atoms with Gasteiger partial charge >= 0.3 is 11.9 Å². The maximum Gasteiger partial charge on any atom is 0.325 e. The van der Waals surface area contributed by atoms with E-state index in [-0.39, 0.29) is 37.6 Å². The third-order valence-electron chi connectivity index (χ3n) is 2.36. The molecule has 0 aromatic carbocycles. The molecule has 1 rings (SSSR count). The quantitative estimate of drug-likeness (QED) is 0.461. The van der Waals surface area contributed by atoms with Crippen LogP contribution in [0.15, 0.2) is 0 Å². The van der Waals surface area contributed by atoms with Crippen molar-refractivity contribution in [1.82, 2.24) is 10.2 Å². The second kappa shape index (κ2) is 6.95. The van der Waals surface area contributed by atoms with Gasteiger partial charge in [-0.05, 0) is 13.8 Å². The second-order valence-corrected chi connectivity index (χ2v) is 3.78. The zero-order chi connectivity index (χ0) is 13.5. The number of nitrogens with one attached hydrogen (secondary N) is 1. The molecule has 1 aliphatic rings. The summed E-state index contributed by atoms with van der Waals surface area (Å²) in [6.07, 6.45) is 0. The van der Waals surface area contributed by atoms with Crippen molar-refractivity contribution in [3.63, 3.8) is 0 Å². The number of hydrogen-bond donors (Lipinski definition) is 1. The fourth-order valence-corrected chi connectivity index (χ4v) is 1.43. The SMILES string of the molecule is CCOC(=O)CNC(=O)CN1CC1C(=O)OCC. The molecule has 18 heavy (non-hydrogen) atoms. The molecule has 102 valence electrons. The summed E-state index contributed by atoms with van der Waals surface area (Å²) in [6.45, 7) is 4.50. The summed E-state index contributed by atoms with van der Waals surface area (Å²) < 4.78 is 9.48. The Morgan fingerprint density at radius 2 is 1.89 bits per heavy atom. The molecule has 0 aromatic heterocycles. The van der Waals surface area contributed by atoms with Gasteiger partial charge in [0.15, 0.2) is 0 Å². The van der Waals surface area contributed by atoms with Crippen LogP contribution >= 0.6 is 0 Å². The Hall–Kier alpha value is -1.63. The van der Waals surface area contributed by atoms with E-state index in [2.05, 4.69) is 10.1 Å². The molecule has 1 saturated heterocycles. The molecule has 0 saturated carbocycles. The highest BCUT2D eigenvalue weighted by atomic mass is 16.5. The van der Waals surface area contributed by atoms with Crippen molar-refractivity contribution in [2.75, 3.05) is 32.8 Å². The number of carbonyl (C=O) groups excluding carboxylic acids is 3. The number of hydrogen-bond acceptors (Lipinski definition) is 6. The van der Waals surface area contributed by atoms with Crippen LogP contribution in [-0.4, -0.2) is 61.6 Å². The van der Waals surface area contributed by atoms with E-state index < -0.39 is 5.97 Å². The maximum atomic E-state index is 11.4. The topological polar surface area (TPSA) is 84.7 Å². The summed E-state index contributed by atoms with van der Waals surface area (Å²) in [5, 5.41) is 2.42. The summed E-state index contributed by atoms with van der Waals surface area (Å²) in [6, 6.07) is -0.321. The van der Waals surface area contributed by atoms with E-state index in [1.54, 1.807) is 18.7 Å². The normalized spacial score (nSPS) is 21.0. The van der Waals surface area contributed by atoms with Gasteiger partial charge in [-0.25, -0.2) is 0 Å². The Morgan fingerprint density at radius 3 is 2.50 bits per heavy atom. The van der Waals surface area contributed by atoms with Gasteiger partial charge in [0.05, 0.1) is 19.8 Å². The van der Waals surface area contributed by atoms with Crippen molar-refractivity contribution in [3.8, 4) is 0 Å². The zero-order valence-electron chi connectivity index (χ0n) is 10.6. The van der Waals surface area contributed by atoms with E-state index >= 15 is 0 Å². The molecule has 0 aromatic rings. The number of carbonyl (C=O) groups is 3. The van der Waals surface area contributed by atoms with E-state index in [0.29, 0.717) is 13.2 Å². The fourth-order valence-electron chi connectivity index (χ4n) is 1.43. The smallest absolute Gasteiger partial charge is 0.325 e. The van der Waals surface area contributed by atoms with Gasteiger partial charge in [0.1, 0.15) is 12.6 Å². The first-order chi connectivity index (χ1) is 8.58. The molecule has 2 unspecified atom stereocenters. The van der Waals surface area contributed by atoms with Gasteiger partial charge < -0.3 is 14.8 Å². The second-order valence-electron chi connectivity index (χ2n) is 3.78. The monoisotopic (exact) mass is 258 g/mol. The van der Waals surface area contributed by atoms with Gasteiger partial charge in [0, 0.05) is 6.54 Å².